The van der Waals surface area contributed by atoms with Crippen molar-refractivity contribution in [3.63, 3.8) is 0 Å². The molecule has 7 heteroatoms. The zero-order valence-electron chi connectivity index (χ0n) is 18.1. The van der Waals surface area contributed by atoms with Crippen molar-refractivity contribution >= 4 is 28.6 Å². The second-order valence-corrected chi connectivity index (χ2v) is 9.48. The van der Waals surface area contributed by atoms with Gasteiger partial charge in [0.1, 0.15) is 11.4 Å². The molecule has 2 heterocycles. The zero-order valence-corrected chi connectivity index (χ0v) is 18.9. The lowest BCUT2D eigenvalue weighted by atomic mass is 10.1. The highest BCUT2D eigenvalue weighted by molar-refractivity contribution is 6.35. The molecule has 1 amide bonds. The van der Waals surface area contributed by atoms with Crippen molar-refractivity contribution in [2.24, 2.45) is 5.92 Å². The second-order valence-electron chi connectivity index (χ2n) is 9.07. The largest absolute Gasteiger partial charge is 0.444 e. The summed E-state index contributed by atoms with van der Waals surface area (Å²) in [5.41, 5.74) is 0.334. The van der Waals surface area contributed by atoms with Gasteiger partial charge < -0.3 is 4.74 Å². The highest BCUT2D eigenvalue weighted by atomic mass is 35.5. The molecule has 1 aliphatic rings. The molecule has 4 rings (SSSR count). The maximum absolute atomic E-state index is 13.6. The molecule has 2 aromatic carbocycles. The number of nitrogens with zero attached hydrogens (tertiary/aromatic N) is 3. The Hall–Kier alpha value is -2.86. The molecule has 162 valence electrons. The van der Waals surface area contributed by atoms with Crippen molar-refractivity contribution in [2.75, 3.05) is 6.54 Å². The van der Waals surface area contributed by atoms with Crippen LogP contribution < -0.4 is 5.56 Å². The third-order valence-corrected chi connectivity index (χ3v) is 5.64. The Morgan fingerprint density at radius 3 is 2.52 bits per heavy atom. The minimum absolute atomic E-state index is 0.244. The molecular weight excluding hydrogens is 414 g/mol. The fraction of sp³-hybridized carbons (Fsp3) is 0.375. The van der Waals surface area contributed by atoms with Gasteiger partial charge in [0.25, 0.3) is 5.56 Å². The summed E-state index contributed by atoms with van der Waals surface area (Å²) in [5, 5.41) is 0.724. The van der Waals surface area contributed by atoms with Crippen molar-refractivity contribution in [3.05, 3.63) is 69.7 Å². The van der Waals surface area contributed by atoms with Crippen molar-refractivity contribution < 1.29 is 9.53 Å². The molecule has 0 aliphatic carbocycles. The van der Waals surface area contributed by atoms with Gasteiger partial charge in [-0.2, -0.15) is 0 Å². The van der Waals surface area contributed by atoms with E-state index in [0.29, 0.717) is 40.4 Å². The van der Waals surface area contributed by atoms with Crippen LogP contribution in [0, 0.1) is 5.92 Å². The van der Waals surface area contributed by atoms with Crippen molar-refractivity contribution in [1.82, 2.24) is 14.5 Å². The molecule has 0 saturated carbocycles. The maximum atomic E-state index is 13.6. The molecule has 0 radical (unpaired) electrons. The van der Waals surface area contributed by atoms with Crippen LogP contribution in [0.1, 0.15) is 46.0 Å². The molecule has 0 N–H and O–H groups in total. The maximum Gasteiger partial charge on any atom is 0.410 e. The average molecular weight is 440 g/mol. The number of aromatic nitrogens is 2. The Kier molecular flexibility index (Phi) is 5.52. The van der Waals surface area contributed by atoms with Crippen molar-refractivity contribution in [1.29, 1.82) is 0 Å². The third kappa shape index (κ3) is 4.17. The van der Waals surface area contributed by atoms with Crippen molar-refractivity contribution in [2.45, 2.75) is 45.8 Å². The van der Waals surface area contributed by atoms with Gasteiger partial charge in [0.15, 0.2) is 0 Å². The smallest absolute Gasteiger partial charge is 0.410 e. The van der Waals surface area contributed by atoms with Gasteiger partial charge in [0.2, 0.25) is 0 Å². The zero-order chi connectivity index (χ0) is 22.3. The molecular formula is C24H26ClN3O3. The Bertz CT molecular complexity index is 1180. The van der Waals surface area contributed by atoms with Crippen LogP contribution in [0.4, 0.5) is 4.79 Å². The number of benzene rings is 2. The van der Waals surface area contributed by atoms with Crippen molar-refractivity contribution in [3.8, 4) is 5.69 Å². The molecule has 2 atom stereocenters. The van der Waals surface area contributed by atoms with Gasteiger partial charge in [-0.3, -0.25) is 14.3 Å². The predicted octanol–water partition coefficient (Wildman–Crippen LogP) is 5.36. The lowest BCUT2D eigenvalue weighted by Gasteiger charge is -2.29. The summed E-state index contributed by atoms with van der Waals surface area (Å²) in [6, 6.07) is 14.2. The number of carbonyl (C=O) groups is 1. The molecule has 1 fully saturated rings. The number of hydrogen-bond donors (Lipinski definition) is 0. The molecule has 1 aliphatic heterocycles. The number of likely N-dealkylation sites (tertiary alicyclic amines) is 1. The fourth-order valence-electron chi connectivity index (χ4n) is 4.07. The van der Waals surface area contributed by atoms with Gasteiger partial charge in [0, 0.05) is 6.54 Å². The summed E-state index contributed by atoms with van der Waals surface area (Å²) in [6.45, 7) is 8.15. The molecule has 1 aromatic heterocycles. The van der Waals surface area contributed by atoms with E-state index in [2.05, 4.69) is 6.92 Å². The third-order valence-electron chi connectivity index (χ3n) is 5.32. The van der Waals surface area contributed by atoms with Crippen LogP contribution in [0.15, 0.2) is 53.3 Å². The first-order valence-corrected chi connectivity index (χ1v) is 10.8. The number of fused-ring (bicyclic) bond motifs is 1. The summed E-state index contributed by atoms with van der Waals surface area (Å²) < 4.78 is 7.23. The van der Waals surface area contributed by atoms with Crippen LogP contribution in [-0.2, 0) is 4.74 Å². The topological polar surface area (TPSA) is 64.4 Å². The van der Waals surface area contributed by atoms with Gasteiger partial charge in [-0.05, 0) is 57.4 Å². The van der Waals surface area contributed by atoms with E-state index in [4.69, 9.17) is 21.3 Å². The van der Waals surface area contributed by atoms with Gasteiger partial charge in [-0.25, -0.2) is 9.78 Å². The monoisotopic (exact) mass is 439 g/mol. The summed E-state index contributed by atoms with van der Waals surface area (Å²) in [5.74, 6) is 0.759. The van der Waals surface area contributed by atoms with E-state index < -0.39 is 11.7 Å². The standard InChI is InChI=1S/C24H26ClN3O3/c1-15-13-19(27(14-15)23(30)31-24(2,3)4)21-26-18-12-8-11-17(25)20(18)22(29)28(21)16-9-6-5-7-10-16/h5-12,15,19H,13-14H2,1-4H3/t15-,19-/m0/s1. The summed E-state index contributed by atoms with van der Waals surface area (Å²) in [7, 11) is 0. The van der Waals surface area contributed by atoms with Crippen LogP contribution in [0.25, 0.3) is 16.6 Å². The predicted molar refractivity (Wildman–Crippen MR) is 122 cm³/mol. The minimum Gasteiger partial charge on any atom is -0.444 e. The van der Waals surface area contributed by atoms with E-state index in [1.54, 1.807) is 27.7 Å². The number of rotatable bonds is 2. The van der Waals surface area contributed by atoms with Crippen LogP contribution in [0.5, 0.6) is 0 Å². The van der Waals surface area contributed by atoms with Gasteiger partial charge >= 0.3 is 6.09 Å². The van der Waals surface area contributed by atoms with E-state index in [1.165, 1.54) is 0 Å². The summed E-state index contributed by atoms with van der Waals surface area (Å²) >= 11 is 6.37. The number of hydrogen-bond acceptors (Lipinski definition) is 4. The fourth-order valence-corrected chi connectivity index (χ4v) is 4.32. The van der Waals surface area contributed by atoms with E-state index in [9.17, 15) is 9.59 Å². The Morgan fingerprint density at radius 1 is 1.13 bits per heavy atom. The highest BCUT2D eigenvalue weighted by Gasteiger charge is 2.39. The Morgan fingerprint density at radius 2 is 1.84 bits per heavy atom. The van der Waals surface area contributed by atoms with Gasteiger partial charge in [0.05, 0.1) is 27.7 Å². The quantitative estimate of drug-likeness (QED) is 0.539. The van der Waals surface area contributed by atoms with Gasteiger partial charge in [-0.15, -0.1) is 0 Å². The lowest BCUT2D eigenvalue weighted by Crippen LogP contribution is -2.39. The first kappa shape index (κ1) is 21.4. The first-order valence-electron chi connectivity index (χ1n) is 10.4. The molecule has 6 nitrogen and oxygen atoms in total. The van der Waals surface area contributed by atoms with E-state index >= 15 is 0 Å². The summed E-state index contributed by atoms with van der Waals surface area (Å²) in [6.07, 6.45) is 0.284. The lowest BCUT2D eigenvalue weighted by molar-refractivity contribution is 0.0212. The van der Waals surface area contributed by atoms with E-state index in [0.717, 1.165) is 0 Å². The number of carbonyl (C=O) groups excluding carboxylic acids is 1. The molecule has 1 saturated heterocycles. The second kappa shape index (κ2) is 8.00. The van der Waals surface area contributed by atoms with Crippen LogP contribution >= 0.6 is 11.6 Å². The van der Waals surface area contributed by atoms with E-state index in [-0.39, 0.29) is 17.5 Å². The normalized spacial score (nSPS) is 19.1. The van der Waals surface area contributed by atoms with E-state index in [1.807, 2.05) is 51.1 Å². The van der Waals surface area contributed by atoms with Gasteiger partial charge in [-0.1, -0.05) is 42.8 Å². The average Bonchev–Trinajstić information content (AvgIpc) is 3.09. The molecule has 0 spiro atoms. The summed E-state index contributed by atoms with van der Waals surface area (Å²) in [4.78, 5) is 33.2. The van der Waals surface area contributed by atoms with Crippen LogP contribution in [-0.4, -0.2) is 32.7 Å². The number of para-hydroxylation sites is 1. The highest BCUT2D eigenvalue weighted by Crippen LogP contribution is 2.36. The number of amides is 1. The Balaban J connectivity index is 1.94. The number of ether oxygens (including phenoxy) is 1. The first-order chi connectivity index (χ1) is 14.7. The molecule has 0 bridgehead atoms. The van der Waals surface area contributed by atoms with Crippen LogP contribution in [0.2, 0.25) is 5.02 Å². The SMILES string of the molecule is C[C@H]1C[C@@H](c2nc3cccc(Cl)c3c(=O)n2-c2ccccc2)N(C(=O)OC(C)(C)C)C1. The number of halogens is 1. The molecule has 3 aromatic rings. The Labute approximate surface area is 186 Å². The molecule has 31 heavy (non-hydrogen) atoms. The minimum atomic E-state index is -0.614. The van der Waals surface area contributed by atoms with Crippen LogP contribution in [0.3, 0.4) is 0 Å². The molecule has 0 unspecified atom stereocenters.